The van der Waals surface area contributed by atoms with Crippen molar-refractivity contribution in [2.75, 3.05) is 7.11 Å². The maximum atomic E-state index is 5.30. The molecule has 1 aromatic heterocycles. The molecule has 1 aromatic carbocycles. The van der Waals surface area contributed by atoms with Crippen molar-refractivity contribution in [1.82, 2.24) is 10.2 Å². The molecule has 2 rings (SSSR count). The first-order valence-corrected chi connectivity index (χ1v) is 6.72. The fourth-order valence-corrected chi connectivity index (χ4v) is 2.83. The van der Waals surface area contributed by atoms with Crippen molar-refractivity contribution >= 4 is 49.9 Å². The quantitative estimate of drug-likeness (QED) is 0.727. The van der Waals surface area contributed by atoms with Gasteiger partial charge in [-0.3, -0.25) is 0 Å². The Morgan fingerprint density at radius 3 is 2.80 bits per heavy atom. The summed E-state index contributed by atoms with van der Waals surface area (Å²) in [5.41, 5.74) is 0.973. The smallest absolute Gasteiger partial charge is 0.178 e. The minimum Gasteiger partial charge on any atom is -0.496 e. The van der Waals surface area contributed by atoms with E-state index in [0.717, 1.165) is 23.8 Å². The van der Waals surface area contributed by atoms with Gasteiger partial charge in [0.1, 0.15) is 5.75 Å². The molecule has 0 saturated carbocycles. The van der Waals surface area contributed by atoms with Gasteiger partial charge in [0.15, 0.2) is 8.02 Å². The molecule has 0 aliphatic heterocycles. The minimum atomic E-state index is 0.803. The van der Waals surface area contributed by atoms with Crippen molar-refractivity contribution in [3.8, 4) is 16.3 Å². The number of hydrogen-bond donors (Lipinski definition) is 0. The fourth-order valence-electron chi connectivity index (χ4n) is 1.16. The number of halogens is 2. The van der Waals surface area contributed by atoms with Crippen LogP contribution >= 0.6 is 49.9 Å². The topological polar surface area (TPSA) is 35.0 Å². The SMILES string of the molecule is COc1cc(Br)ccc1-c1nnc(I)s1. The van der Waals surface area contributed by atoms with Crippen LogP contribution in [0.5, 0.6) is 5.75 Å². The number of nitrogens with zero attached hydrogens (tertiary/aromatic N) is 2. The summed E-state index contributed by atoms with van der Waals surface area (Å²) in [6.07, 6.45) is 0. The monoisotopic (exact) mass is 396 g/mol. The van der Waals surface area contributed by atoms with Crippen molar-refractivity contribution in [3.63, 3.8) is 0 Å². The van der Waals surface area contributed by atoms with E-state index >= 15 is 0 Å². The Hall–Kier alpha value is -0.210. The molecule has 0 aliphatic carbocycles. The van der Waals surface area contributed by atoms with Crippen molar-refractivity contribution in [1.29, 1.82) is 0 Å². The van der Waals surface area contributed by atoms with Crippen molar-refractivity contribution in [3.05, 3.63) is 25.7 Å². The Morgan fingerprint density at radius 2 is 2.20 bits per heavy atom. The van der Waals surface area contributed by atoms with E-state index in [4.69, 9.17) is 4.74 Å². The van der Waals surface area contributed by atoms with Crippen LogP contribution in [0.4, 0.5) is 0 Å². The first-order valence-electron chi connectivity index (χ1n) is 4.03. The van der Waals surface area contributed by atoms with E-state index in [1.54, 1.807) is 18.4 Å². The molecule has 0 radical (unpaired) electrons. The molecule has 2 aromatic rings. The molecular formula is C9H6BrIN2OS. The first-order chi connectivity index (χ1) is 7.20. The summed E-state index contributed by atoms with van der Waals surface area (Å²) in [6.45, 7) is 0. The number of ether oxygens (including phenoxy) is 1. The molecule has 78 valence electrons. The van der Waals surface area contributed by atoms with Gasteiger partial charge < -0.3 is 4.74 Å². The highest BCUT2D eigenvalue weighted by Gasteiger charge is 2.10. The number of rotatable bonds is 2. The Kier molecular flexibility index (Phi) is 3.57. The average molecular weight is 397 g/mol. The lowest BCUT2D eigenvalue weighted by Gasteiger charge is -2.05. The Labute approximate surface area is 113 Å². The Bertz CT molecular complexity index is 489. The fraction of sp³-hybridized carbons (Fsp3) is 0.111. The van der Waals surface area contributed by atoms with Gasteiger partial charge in [-0.1, -0.05) is 27.3 Å². The van der Waals surface area contributed by atoms with E-state index in [2.05, 4.69) is 48.7 Å². The molecule has 0 saturated heterocycles. The van der Waals surface area contributed by atoms with E-state index in [-0.39, 0.29) is 0 Å². The number of methoxy groups -OCH3 is 1. The lowest BCUT2D eigenvalue weighted by atomic mass is 10.2. The van der Waals surface area contributed by atoms with E-state index in [9.17, 15) is 0 Å². The molecule has 0 bridgehead atoms. The second-order valence-corrected chi connectivity index (χ2v) is 6.35. The van der Waals surface area contributed by atoms with Crippen LogP contribution in [-0.2, 0) is 0 Å². The van der Waals surface area contributed by atoms with E-state index < -0.39 is 0 Å². The normalized spacial score (nSPS) is 10.3. The molecule has 0 N–H and O–H groups in total. The van der Waals surface area contributed by atoms with E-state index in [0.29, 0.717) is 0 Å². The van der Waals surface area contributed by atoms with Gasteiger partial charge in [-0.2, -0.15) is 0 Å². The molecule has 0 aliphatic rings. The zero-order valence-corrected chi connectivity index (χ0v) is 12.3. The average Bonchev–Trinajstić information content (AvgIpc) is 2.64. The van der Waals surface area contributed by atoms with Crippen LogP contribution in [0.25, 0.3) is 10.6 Å². The van der Waals surface area contributed by atoms with Crippen LogP contribution in [0, 0.1) is 3.01 Å². The molecule has 0 fully saturated rings. The van der Waals surface area contributed by atoms with Crippen molar-refractivity contribution < 1.29 is 4.74 Å². The number of benzene rings is 1. The molecule has 0 amide bonds. The van der Waals surface area contributed by atoms with Gasteiger partial charge in [0, 0.05) is 4.47 Å². The van der Waals surface area contributed by atoms with Gasteiger partial charge in [0.05, 0.1) is 12.7 Å². The number of aromatic nitrogens is 2. The minimum absolute atomic E-state index is 0.803. The standard InChI is InChI=1S/C9H6BrIN2OS/c1-14-7-4-5(10)2-3-6(7)8-12-13-9(11)15-8/h2-4H,1H3. The van der Waals surface area contributed by atoms with Crippen LogP contribution in [0.1, 0.15) is 0 Å². The summed E-state index contributed by atoms with van der Waals surface area (Å²) in [4.78, 5) is 0. The van der Waals surface area contributed by atoms with Crippen LogP contribution in [0.15, 0.2) is 22.7 Å². The lowest BCUT2D eigenvalue weighted by molar-refractivity contribution is 0.416. The predicted molar refractivity (Wildman–Crippen MR) is 72.3 cm³/mol. The molecule has 0 unspecified atom stereocenters. The molecule has 6 heteroatoms. The molecule has 15 heavy (non-hydrogen) atoms. The molecule has 0 atom stereocenters. The van der Waals surface area contributed by atoms with E-state index in [1.165, 1.54) is 0 Å². The summed E-state index contributed by atoms with van der Waals surface area (Å²) in [7, 11) is 1.65. The van der Waals surface area contributed by atoms with Gasteiger partial charge in [-0.05, 0) is 40.8 Å². The zero-order valence-electron chi connectivity index (χ0n) is 7.70. The van der Waals surface area contributed by atoms with Crippen molar-refractivity contribution in [2.45, 2.75) is 0 Å². The van der Waals surface area contributed by atoms with Crippen molar-refractivity contribution in [2.24, 2.45) is 0 Å². The van der Waals surface area contributed by atoms with Gasteiger partial charge in [0.25, 0.3) is 0 Å². The van der Waals surface area contributed by atoms with Crippen LogP contribution in [0.2, 0.25) is 0 Å². The van der Waals surface area contributed by atoms with Gasteiger partial charge in [-0.25, -0.2) is 0 Å². The molecule has 1 heterocycles. The van der Waals surface area contributed by atoms with Crippen LogP contribution in [0.3, 0.4) is 0 Å². The third-order valence-electron chi connectivity index (χ3n) is 1.79. The maximum absolute atomic E-state index is 5.30. The largest absolute Gasteiger partial charge is 0.496 e. The predicted octanol–water partition coefficient (Wildman–Crippen LogP) is 3.58. The summed E-state index contributed by atoms with van der Waals surface area (Å²) in [5.74, 6) is 0.803. The highest BCUT2D eigenvalue weighted by atomic mass is 127. The third-order valence-corrected chi connectivity index (χ3v) is 3.91. The van der Waals surface area contributed by atoms with E-state index in [1.807, 2.05) is 18.2 Å². The third kappa shape index (κ3) is 2.48. The summed E-state index contributed by atoms with van der Waals surface area (Å²) >= 11 is 7.10. The Balaban J connectivity index is 2.52. The van der Waals surface area contributed by atoms with Crippen LogP contribution < -0.4 is 4.74 Å². The summed E-state index contributed by atoms with van der Waals surface area (Å²) in [5, 5.41) is 8.95. The van der Waals surface area contributed by atoms with Crippen LogP contribution in [-0.4, -0.2) is 17.3 Å². The number of hydrogen-bond acceptors (Lipinski definition) is 4. The van der Waals surface area contributed by atoms with Gasteiger partial charge >= 0.3 is 0 Å². The van der Waals surface area contributed by atoms with Gasteiger partial charge in [-0.15, -0.1) is 10.2 Å². The molecular weight excluding hydrogens is 391 g/mol. The highest BCUT2D eigenvalue weighted by Crippen LogP contribution is 2.34. The highest BCUT2D eigenvalue weighted by molar-refractivity contribution is 14.1. The zero-order chi connectivity index (χ0) is 10.8. The van der Waals surface area contributed by atoms with Gasteiger partial charge in [0.2, 0.25) is 0 Å². The lowest BCUT2D eigenvalue weighted by Crippen LogP contribution is -1.87. The summed E-state index contributed by atoms with van der Waals surface area (Å²) < 4.78 is 7.21. The molecule has 3 nitrogen and oxygen atoms in total. The second kappa shape index (κ2) is 4.75. The Morgan fingerprint density at radius 1 is 1.40 bits per heavy atom. The maximum Gasteiger partial charge on any atom is 0.178 e. The molecule has 0 spiro atoms. The first kappa shape index (κ1) is 11.3. The summed E-state index contributed by atoms with van der Waals surface area (Å²) in [6, 6.07) is 5.86. The second-order valence-electron chi connectivity index (χ2n) is 2.70.